The second-order valence-electron chi connectivity index (χ2n) is 3.83. The van der Waals surface area contributed by atoms with Crippen LogP contribution in [0.4, 0.5) is 0 Å². The first kappa shape index (κ1) is 10.4. The van der Waals surface area contributed by atoms with E-state index in [0.29, 0.717) is 0 Å². The van der Waals surface area contributed by atoms with Crippen molar-refractivity contribution in [1.82, 2.24) is 9.97 Å². The molecule has 3 N–H and O–H groups in total. The highest BCUT2D eigenvalue weighted by molar-refractivity contribution is 5.89. The molecule has 0 aliphatic carbocycles. The molecule has 4 heteroatoms. The molecular formula is C12H13N3O. The molecule has 0 saturated carbocycles. The first-order chi connectivity index (χ1) is 7.58. The Morgan fingerprint density at radius 2 is 2.12 bits per heavy atom. The molecule has 1 amide bonds. The van der Waals surface area contributed by atoms with E-state index >= 15 is 0 Å². The van der Waals surface area contributed by atoms with Gasteiger partial charge in [0.05, 0.1) is 11.9 Å². The molecule has 0 aliphatic rings. The maximum atomic E-state index is 10.9. The van der Waals surface area contributed by atoms with Gasteiger partial charge in [0, 0.05) is 5.56 Å². The Morgan fingerprint density at radius 1 is 1.38 bits per heavy atom. The Balaban J connectivity index is 2.46. The number of aromatic nitrogens is 2. The number of nitrogens with zero attached hydrogens (tertiary/aromatic N) is 1. The van der Waals surface area contributed by atoms with E-state index in [-0.39, 0.29) is 5.82 Å². The predicted molar refractivity (Wildman–Crippen MR) is 62.0 cm³/mol. The summed E-state index contributed by atoms with van der Waals surface area (Å²) in [6, 6.07) is 6.11. The van der Waals surface area contributed by atoms with E-state index in [1.807, 2.05) is 26.0 Å². The van der Waals surface area contributed by atoms with Gasteiger partial charge in [0.1, 0.15) is 0 Å². The van der Waals surface area contributed by atoms with E-state index in [4.69, 9.17) is 5.73 Å². The maximum Gasteiger partial charge on any atom is 0.284 e. The molecule has 1 aromatic heterocycles. The van der Waals surface area contributed by atoms with Crippen molar-refractivity contribution >= 4 is 5.91 Å². The summed E-state index contributed by atoms with van der Waals surface area (Å²) >= 11 is 0. The van der Waals surface area contributed by atoms with Gasteiger partial charge in [-0.3, -0.25) is 4.79 Å². The summed E-state index contributed by atoms with van der Waals surface area (Å²) in [5.41, 5.74) is 9.32. The second-order valence-corrected chi connectivity index (χ2v) is 3.83. The number of hydrogen-bond donors (Lipinski definition) is 2. The monoisotopic (exact) mass is 215 g/mol. The molecule has 0 bridgehead atoms. The van der Waals surface area contributed by atoms with Crippen molar-refractivity contribution in [2.45, 2.75) is 13.8 Å². The van der Waals surface area contributed by atoms with Crippen molar-refractivity contribution in [1.29, 1.82) is 0 Å². The minimum absolute atomic E-state index is 0.190. The minimum atomic E-state index is -0.545. The number of aromatic amines is 1. The zero-order valence-electron chi connectivity index (χ0n) is 9.24. The van der Waals surface area contributed by atoms with Crippen LogP contribution in [0.15, 0.2) is 24.4 Å². The van der Waals surface area contributed by atoms with Crippen molar-refractivity contribution in [3.63, 3.8) is 0 Å². The Morgan fingerprint density at radius 3 is 2.69 bits per heavy atom. The van der Waals surface area contributed by atoms with E-state index in [1.54, 1.807) is 6.20 Å². The van der Waals surface area contributed by atoms with Crippen LogP contribution in [0.1, 0.15) is 21.7 Å². The topological polar surface area (TPSA) is 71.8 Å². The summed E-state index contributed by atoms with van der Waals surface area (Å²) in [5, 5.41) is 0. The lowest BCUT2D eigenvalue weighted by Crippen LogP contribution is -2.12. The van der Waals surface area contributed by atoms with Gasteiger partial charge in [0.2, 0.25) is 0 Å². The fourth-order valence-electron chi connectivity index (χ4n) is 1.70. The average molecular weight is 215 g/mol. The number of imidazole rings is 1. The largest absolute Gasteiger partial charge is 0.363 e. The summed E-state index contributed by atoms with van der Waals surface area (Å²) in [6.45, 7) is 4.06. The SMILES string of the molecule is Cc1ccc(-c2cnc(C(N)=O)[nH]2)c(C)c1. The highest BCUT2D eigenvalue weighted by Gasteiger charge is 2.08. The molecule has 0 atom stereocenters. The molecule has 1 aromatic carbocycles. The Labute approximate surface area is 93.5 Å². The zero-order valence-corrected chi connectivity index (χ0v) is 9.24. The summed E-state index contributed by atoms with van der Waals surface area (Å²) in [7, 11) is 0. The van der Waals surface area contributed by atoms with Gasteiger partial charge in [0.25, 0.3) is 5.91 Å². The molecule has 0 fully saturated rings. The number of amides is 1. The van der Waals surface area contributed by atoms with E-state index in [1.165, 1.54) is 5.56 Å². The molecule has 0 unspecified atom stereocenters. The molecule has 16 heavy (non-hydrogen) atoms. The quantitative estimate of drug-likeness (QED) is 0.801. The van der Waals surface area contributed by atoms with Crippen molar-refractivity contribution in [2.24, 2.45) is 5.73 Å². The highest BCUT2D eigenvalue weighted by atomic mass is 16.1. The highest BCUT2D eigenvalue weighted by Crippen LogP contribution is 2.22. The summed E-state index contributed by atoms with van der Waals surface area (Å²) in [5.74, 6) is -0.356. The number of carbonyl (C=O) groups is 1. The standard InChI is InChI=1S/C12H13N3O/c1-7-3-4-9(8(2)5-7)10-6-14-12(15-10)11(13)16/h3-6H,1-2H3,(H2,13,16)(H,14,15). The van der Waals surface area contributed by atoms with Crippen LogP contribution in [0.5, 0.6) is 0 Å². The first-order valence-electron chi connectivity index (χ1n) is 5.00. The smallest absolute Gasteiger partial charge is 0.284 e. The predicted octanol–water partition coefficient (Wildman–Crippen LogP) is 1.79. The average Bonchev–Trinajstić information content (AvgIpc) is 2.66. The number of nitrogens with two attached hydrogens (primary N) is 1. The molecular weight excluding hydrogens is 202 g/mol. The van der Waals surface area contributed by atoms with Crippen molar-refractivity contribution in [2.75, 3.05) is 0 Å². The minimum Gasteiger partial charge on any atom is -0.363 e. The lowest BCUT2D eigenvalue weighted by Gasteiger charge is -2.03. The maximum absolute atomic E-state index is 10.9. The number of primary amides is 1. The molecule has 1 heterocycles. The fourth-order valence-corrected chi connectivity index (χ4v) is 1.70. The lowest BCUT2D eigenvalue weighted by molar-refractivity contribution is 0.0991. The first-order valence-corrected chi connectivity index (χ1v) is 5.00. The number of hydrogen-bond acceptors (Lipinski definition) is 2. The van der Waals surface area contributed by atoms with Crippen LogP contribution in [-0.4, -0.2) is 15.9 Å². The van der Waals surface area contributed by atoms with E-state index in [0.717, 1.165) is 16.8 Å². The van der Waals surface area contributed by atoms with E-state index in [9.17, 15) is 4.79 Å². The molecule has 82 valence electrons. The van der Waals surface area contributed by atoms with Gasteiger partial charge in [-0.2, -0.15) is 0 Å². The van der Waals surface area contributed by atoms with Gasteiger partial charge >= 0.3 is 0 Å². The van der Waals surface area contributed by atoms with Crippen molar-refractivity contribution < 1.29 is 4.79 Å². The second kappa shape index (κ2) is 3.81. The van der Waals surface area contributed by atoms with Gasteiger partial charge < -0.3 is 10.7 Å². The third-order valence-corrected chi connectivity index (χ3v) is 2.48. The van der Waals surface area contributed by atoms with Gasteiger partial charge in [-0.05, 0) is 19.4 Å². The van der Waals surface area contributed by atoms with Crippen LogP contribution < -0.4 is 5.73 Å². The summed E-state index contributed by atoms with van der Waals surface area (Å²) in [4.78, 5) is 17.7. The Bertz CT molecular complexity index is 543. The van der Waals surface area contributed by atoms with Crippen LogP contribution in [0, 0.1) is 13.8 Å². The normalized spacial score (nSPS) is 10.4. The molecule has 2 aromatic rings. The Hall–Kier alpha value is -2.10. The van der Waals surface area contributed by atoms with Crippen molar-refractivity contribution in [3.8, 4) is 11.3 Å². The van der Waals surface area contributed by atoms with Gasteiger partial charge in [-0.25, -0.2) is 4.98 Å². The molecule has 4 nitrogen and oxygen atoms in total. The Kier molecular flexibility index (Phi) is 2.48. The van der Waals surface area contributed by atoms with Crippen LogP contribution >= 0.6 is 0 Å². The van der Waals surface area contributed by atoms with Gasteiger partial charge in [0.15, 0.2) is 5.82 Å². The van der Waals surface area contributed by atoms with E-state index < -0.39 is 5.91 Å². The van der Waals surface area contributed by atoms with Crippen LogP contribution in [0.3, 0.4) is 0 Å². The molecule has 2 rings (SSSR count). The third kappa shape index (κ3) is 1.82. The van der Waals surface area contributed by atoms with Crippen LogP contribution in [0.25, 0.3) is 11.3 Å². The summed E-state index contributed by atoms with van der Waals surface area (Å²) in [6.07, 6.45) is 1.62. The number of nitrogens with one attached hydrogen (secondary N) is 1. The third-order valence-electron chi connectivity index (χ3n) is 2.48. The van der Waals surface area contributed by atoms with Crippen LogP contribution in [-0.2, 0) is 0 Å². The number of benzene rings is 1. The zero-order chi connectivity index (χ0) is 11.7. The molecule has 0 saturated heterocycles. The van der Waals surface area contributed by atoms with Crippen molar-refractivity contribution in [3.05, 3.63) is 41.3 Å². The number of carbonyl (C=O) groups excluding carboxylic acids is 1. The number of rotatable bonds is 2. The van der Waals surface area contributed by atoms with E-state index in [2.05, 4.69) is 16.0 Å². The molecule has 0 radical (unpaired) electrons. The molecule has 0 spiro atoms. The lowest BCUT2D eigenvalue weighted by atomic mass is 10.0. The number of H-pyrrole nitrogens is 1. The number of aryl methyl sites for hydroxylation is 2. The fraction of sp³-hybridized carbons (Fsp3) is 0.167. The molecule has 0 aliphatic heterocycles. The van der Waals surface area contributed by atoms with Gasteiger partial charge in [-0.15, -0.1) is 0 Å². The van der Waals surface area contributed by atoms with Crippen LogP contribution in [0.2, 0.25) is 0 Å². The summed E-state index contributed by atoms with van der Waals surface area (Å²) < 4.78 is 0. The van der Waals surface area contributed by atoms with Gasteiger partial charge in [-0.1, -0.05) is 23.8 Å².